The van der Waals surface area contributed by atoms with E-state index in [0.717, 1.165) is 12.8 Å². The molecule has 9 nitrogen and oxygen atoms in total. The largest absolute Gasteiger partial charge is 0.360 e. The van der Waals surface area contributed by atoms with Gasteiger partial charge in [-0.1, -0.05) is 17.3 Å². The molecule has 0 radical (unpaired) electrons. The summed E-state index contributed by atoms with van der Waals surface area (Å²) >= 11 is 0. The van der Waals surface area contributed by atoms with E-state index in [-0.39, 0.29) is 29.2 Å². The Morgan fingerprint density at radius 3 is 2.33 bits per heavy atom. The maximum atomic E-state index is 12.6. The van der Waals surface area contributed by atoms with Gasteiger partial charge in [-0.3, -0.25) is 14.5 Å². The van der Waals surface area contributed by atoms with Gasteiger partial charge in [0.15, 0.2) is 5.82 Å². The highest BCUT2D eigenvalue weighted by Gasteiger charge is 2.27. The van der Waals surface area contributed by atoms with Crippen molar-refractivity contribution in [3.8, 4) is 0 Å². The van der Waals surface area contributed by atoms with Gasteiger partial charge in [-0.2, -0.15) is 0 Å². The van der Waals surface area contributed by atoms with Gasteiger partial charge in [0.2, 0.25) is 15.9 Å². The van der Waals surface area contributed by atoms with Gasteiger partial charge < -0.3 is 9.84 Å². The maximum absolute atomic E-state index is 12.6. The molecule has 3 aromatic rings. The molecule has 1 fully saturated rings. The lowest BCUT2D eigenvalue weighted by Crippen LogP contribution is -2.26. The number of benzene rings is 2. The van der Waals surface area contributed by atoms with Crippen molar-refractivity contribution < 1.29 is 22.5 Å². The molecule has 10 heteroatoms. The normalized spacial score (nSPS) is 13.5. The van der Waals surface area contributed by atoms with Crippen LogP contribution in [0, 0.1) is 6.92 Å². The zero-order valence-electron chi connectivity index (χ0n) is 18.2. The van der Waals surface area contributed by atoms with E-state index in [1.54, 1.807) is 56.4 Å². The Balaban J connectivity index is 1.33. The Morgan fingerprint density at radius 1 is 1.09 bits per heavy atom. The molecule has 1 aliphatic rings. The third-order valence-electron chi connectivity index (χ3n) is 5.18. The molecule has 1 aliphatic carbocycles. The number of aryl methyl sites for hydroxylation is 1. The summed E-state index contributed by atoms with van der Waals surface area (Å²) in [6.45, 7) is 1.74. The van der Waals surface area contributed by atoms with Crippen LogP contribution in [0.5, 0.6) is 0 Å². The molecule has 0 saturated heterocycles. The average Bonchev–Trinajstić information content (AvgIpc) is 3.48. The van der Waals surface area contributed by atoms with E-state index in [0.29, 0.717) is 28.4 Å². The second-order valence-electron chi connectivity index (χ2n) is 8.00. The summed E-state index contributed by atoms with van der Waals surface area (Å²) < 4.78 is 32.1. The van der Waals surface area contributed by atoms with Crippen LogP contribution in [0.1, 0.15) is 34.5 Å². The Bertz CT molecular complexity index is 1260. The van der Waals surface area contributed by atoms with Gasteiger partial charge in [-0.15, -0.1) is 0 Å². The molecule has 0 spiro atoms. The number of rotatable bonds is 8. The minimum absolute atomic E-state index is 0.0362. The average molecular weight is 469 g/mol. The number of carbonyl (C=O) groups is 2. The lowest BCUT2D eigenvalue weighted by Gasteiger charge is -2.14. The highest BCUT2D eigenvalue weighted by molar-refractivity contribution is 7.89. The smallest absolute Gasteiger partial charge is 0.259 e. The summed E-state index contributed by atoms with van der Waals surface area (Å²) in [5.74, 6) is 0.509. The van der Waals surface area contributed by atoms with Crippen LogP contribution < -0.4 is 14.9 Å². The summed E-state index contributed by atoms with van der Waals surface area (Å²) in [5, 5.41) is 6.61. The fourth-order valence-corrected chi connectivity index (χ4v) is 4.48. The number of hydrogen-bond acceptors (Lipinski definition) is 6. The fourth-order valence-electron chi connectivity index (χ4n) is 3.17. The first-order chi connectivity index (χ1) is 15.7. The summed E-state index contributed by atoms with van der Waals surface area (Å²) in [5.41, 5.74) is 1.67. The van der Waals surface area contributed by atoms with Gasteiger partial charge in [-0.25, -0.2) is 13.1 Å². The highest BCUT2D eigenvalue weighted by Crippen LogP contribution is 2.22. The summed E-state index contributed by atoms with van der Waals surface area (Å²) in [6, 6.07) is 14.5. The lowest BCUT2D eigenvalue weighted by atomic mass is 10.1. The summed E-state index contributed by atoms with van der Waals surface area (Å²) in [4.78, 5) is 26.6. The standard InChI is InChI=1S/C23H24N4O5S/c1-15-13-21(25-32-15)27(2)23(29)17-5-7-18(8-6-17)24-22(28)14-16-3-11-20(12-4-16)33(30,31)26-19-9-10-19/h3-8,11-13,19,26H,9-10,14H2,1-2H3,(H,24,28). The maximum Gasteiger partial charge on any atom is 0.259 e. The van der Waals surface area contributed by atoms with Crippen LogP contribution in [0.25, 0.3) is 0 Å². The second-order valence-corrected chi connectivity index (χ2v) is 9.72. The lowest BCUT2D eigenvalue weighted by molar-refractivity contribution is -0.115. The van der Waals surface area contributed by atoms with Crippen LogP contribution in [0.4, 0.5) is 11.5 Å². The first-order valence-corrected chi connectivity index (χ1v) is 11.9. The minimum Gasteiger partial charge on any atom is -0.360 e. The Hall–Kier alpha value is -3.50. The van der Waals surface area contributed by atoms with E-state index in [1.165, 1.54) is 17.0 Å². The predicted molar refractivity (Wildman–Crippen MR) is 123 cm³/mol. The molecule has 0 bridgehead atoms. The van der Waals surface area contributed by atoms with E-state index in [1.807, 2.05) is 0 Å². The molecular formula is C23H24N4O5S. The molecule has 1 aromatic heterocycles. The van der Waals surface area contributed by atoms with Crippen LogP contribution in [0.3, 0.4) is 0 Å². The van der Waals surface area contributed by atoms with Crippen molar-refractivity contribution in [2.75, 3.05) is 17.3 Å². The molecule has 172 valence electrons. The molecular weight excluding hydrogens is 444 g/mol. The zero-order valence-corrected chi connectivity index (χ0v) is 19.1. The van der Waals surface area contributed by atoms with Crippen LogP contribution >= 0.6 is 0 Å². The molecule has 2 aromatic carbocycles. The number of hydrogen-bond donors (Lipinski definition) is 2. The first-order valence-electron chi connectivity index (χ1n) is 10.4. The van der Waals surface area contributed by atoms with Gasteiger partial charge >= 0.3 is 0 Å². The van der Waals surface area contributed by atoms with E-state index in [4.69, 9.17) is 4.52 Å². The Kier molecular flexibility index (Phi) is 6.30. The van der Waals surface area contributed by atoms with Crippen LogP contribution in [0.15, 0.2) is 64.0 Å². The van der Waals surface area contributed by atoms with E-state index in [9.17, 15) is 18.0 Å². The molecule has 0 unspecified atom stereocenters. The van der Waals surface area contributed by atoms with E-state index in [2.05, 4.69) is 15.2 Å². The second kappa shape index (κ2) is 9.16. The molecule has 33 heavy (non-hydrogen) atoms. The zero-order chi connectivity index (χ0) is 23.6. The van der Waals surface area contributed by atoms with Crippen molar-refractivity contribution in [2.45, 2.75) is 37.1 Å². The monoisotopic (exact) mass is 468 g/mol. The predicted octanol–water partition coefficient (Wildman–Crippen LogP) is 2.88. The quantitative estimate of drug-likeness (QED) is 0.524. The summed E-state index contributed by atoms with van der Waals surface area (Å²) in [6.07, 6.45) is 1.82. The number of aromatic nitrogens is 1. The number of carbonyl (C=O) groups excluding carboxylic acids is 2. The number of nitrogens with zero attached hydrogens (tertiary/aromatic N) is 2. The van der Waals surface area contributed by atoms with Gasteiger partial charge in [-0.05, 0) is 61.7 Å². The van der Waals surface area contributed by atoms with Crippen LogP contribution in [0.2, 0.25) is 0 Å². The molecule has 1 heterocycles. The van der Waals surface area contributed by atoms with Crippen LogP contribution in [-0.2, 0) is 21.2 Å². The van der Waals surface area contributed by atoms with Crippen molar-refractivity contribution >= 4 is 33.3 Å². The van der Waals surface area contributed by atoms with Crippen molar-refractivity contribution in [3.63, 3.8) is 0 Å². The number of anilines is 2. The Morgan fingerprint density at radius 2 is 1.76 bits per heavy atom. The van der Waals surface area contributed by atoms with E-state index < -0.39 is 10.0 Å². The number of nitrogens with one attached hydrogen (secondary N) is 2. The molecule has 4 rings (SSSR count). The molecule has 1 saturated carbocycles. The van der Waals surface area contributed by atoms with Gasteiger partial charge in [0.05, 0.1) is 11.3 Å². The van der Waals surface area contributed by atoms with Crippen molar-refractivity contribution in [1.29, 1.82) is 0 Å². The Labute approximate surface area is 191 Å². The minimum atomic E-state index is -3.52. The third kappa shape index (κ3) is 5.65. The fraction of sp³-hybridized carbons (Fsp3) is 0.261. The van der Waals surface area contributed by atoms with Crippen molar-refractivity contribution in [1.82, 2.24) is 9.88 Å². The van der Waals surface area contributed by atoms with Crippen LogP contribution in [-0.4, -0.2) is 38.5 Å². The van der Waals surface area contributed by atoms with Gasteiger partial charge in [0, 0.05) is 30.4 Å². The molecule has 0 atom stereocenters. The first kappa shape index (κ1) is 22.7. The molecule has 2 amide bonds. The molecule has 2 N–H and O–H groups in total. The topological polar surface area (TPSA) is 122 Å². The number of amides is 2. The van der Waals surface area contributed by atoms with Crippen molar-refractivity contribution in [3.05, 3.63) is 71.5 Å². The van der Waals surface area contributed by atoms with Gasteiger partial charge in [0.25, 0.3) is 5.91 Å². The van der Waals surface area contributed by atoms with Crippen molar-refractivity contribution in [2.24, 2.45) is 0 Å². The third-order valence-corrected chi connectivity index (χ3v) is 6.71. The summed E-state index contributed by atoms with van der Waals surface area (Å²) in [7, 11) is -1.91. The number of sulfonamides is 1. The SMILES string of the molecule is Cc1cc(N(C)C(=O)c2ccc(NC(=O)Cc3ccc(S(=O)(=O)NC4CC4)cc3)cc2)no1. The van der Waals surface area contributed by atoms with Gasteiger partial charge in [0.1, 0.15) is 5.76 Å². The van der Waals surface area contributed by atoms with E-state index >= 15 is 0 Å². The molecule has 0 aliphatic heterocycles. The highest BCUT2D eigenvalue weighted by atomic mass is 32.2.